The van der Waals surface area contributed by atoms with Gasteiger partial charge in [-0.05, 0) is 43.4 Å². The first-order valence-corrected chi connectivity index (χ1v) is 7.59. The summed E-state index contributed by atoms with van der Waals surface area (Å²) in [6.07, 6.45) is 4.73. The fraction of sp³-hybridized carbons (Fsp3) is 0.471. The summed E-state index contributed by atoms with van der Waals surface area (Å²) in [6.45, 7) is 6.11. The van der Waals surface area contributed by atoms with Crippen LogP contribution in [0.1, 0.15) is 29.6 Å². The molecule has 1 fully saturated rings. The van der Waals surface area contributed by atoms with Crippen molar-refractivity contribution in [1.29, 1.82) is 0 Å². The molecule has 1 heterocycles. The lowest BCUT2D eigenvalue weighted by atomic mass is 9.98. The second-order valence-electron chi connectivity index (χ2n) is 5.53. The summed E-state index contributed by atoms with van der Waals surface area (Å²) in [5, 5.41) is 12.6. The molecule has 114 valence electrons. The second kappa shape index (κ2) is 7.84. The highest BCUT2D eigenvalue weighted by molar-refractivity contribution is 5.95. The monoisotopic (exact) mass is 288 g/mol. The lowest BCUT2D eigenvalue weighted by molar-refractivity contribution is 0.0621. The first-order valence-electron chi connectivity index (χ1n) is 7.59. The standard InChI is InChI=1S/C17H24N2O2/c1-2-3-9-18-16-8-4-7-15(11-16)17(21)19-10-5-6-14(12-19)13-20/h2,4,7-8,11,14,18,20H,1,3,5-6,9-10,12-13H2. The van der Waals surface area contributed by atoms with Gasteiger partial charge in [0.15, 0.2) is 0 Å². The van der Waals surface area contributed by atoms with Gasteiger partial charge in [-0.25, -0.2) is 0 Å². The van der Waals surface area contributed by atoms with Crippen molar-refractivity contribution in [1.82, 2.24) is 4.90 Å². The molecule has 0 radical (unpaired) electrons. The van der Waals surface area contributed by atoms with Crippen LogP contribution in [0.3, 0.4) is 0 Å². The summed E-state index contributed by atoms with van der Waals surface area (Å²) in [5.74, 6) is 0.275. The number of carbonyl (C=O) groups excluding carboxylic acids is 1. The normalized spacial score (nSPS) is 18.3. The van der Waals surface area contributed by atoms with E-state index in [1.54, 1.807) is 0 Å². The Bertz CT molecular complexity index is 487. The second-order valence-corrected chi connectivity index (χ2v) is 5.53. The summed E-state index contributed by atoms with van der Waals surface area (Å²) in [4.78, 5) is 14.4. The molecule has 0 saturated carbocycles. The zero-order chi connectivity index (χ0) is 15.1. The molecule has 1 aliphatic rings. The van der Waals surface area contributed by atoms with Crippen LogP contribution in [-0.2, 0) is 0 Å². The fourth-order valence-corrected chi connectivity index (χ4v) is 2.66. The number of benzene rings is 1. The van der Waals surface area contributed by atoms with E-state index in [4.69, 9.17) is 0 Å². The van der Waals surface area contributed by atoms with E-state index < -0.39 is 0 Å². The first kappa shape index (κ1) is 15.6. The minimum Gasteiger partial charge on any atom is -0.396 e. The minimum atomic E-state index is 0.0560. The van der Waals surface area contributed by atoms with E-state index >= 15 is 0 Å². The van der Waals surface area contributed by atoms with Gasteiger partial charge >= 0.3 is 0 Å². The maximum atomic E-state index is 12.5. The molecule has 1 aromatic carbocycles. The number of hydrogen-bond donors (Lipinski definition) is 2. The summed E-state index contributed by atoms with van der Waals surface area (Å²) in [6, 6.07) is 7.61. The average molecular weight is 288 g/mol. The van der Waals surface area contributed by atoms with Gasteiger partial charge in [0.25, 0.3) is 5.91 Å². The maximum absolute atomic E-state index is 12.5. The molecule has 4 nitrogen and oxygen atoms in total. The van der Waals surface area contributed by atoms with Gasteiger partial charge in [-0.1, -0.05) is 12.1 Å². The van der Waals surface area contributed by atoms with E-state index in [0.29, 0.717) is 12.1 Å². The molecular weight excluding hydrogens is 264 g/mol. The average Bonchev–Trinajstić information content (AvgIpc) is 2.55. The van der Waals surface area contributed by atoms with Crippen molar-refractivity contribution in [2.75, 3.05) is 31.6 Å². The van der Waals surface area contributed by atoms with Crippen LogP contribution in [0.25, 0.3) is 0 Å². The number of hydrogen-bond acceptors (Lipinski definition) is 3. The molecule has 1 unspecified atom stereocenters. The van der Waals surface area contributed by atoms with E-state index in [1.807, 2.05) is 35.2 Å². The third kappa shape index (κ3) is 4.33. The van der Waals surface area contributed by atoms with Crippen molar-refractivity contribution < 1.29 is 9.90 Å². The predicted molar refractivity (Wildman–Crippen MR) is 85.5 cm³/mol. The maximum Gasteiger partial charge on any atom is 0.253 e. The summed E-state index contributed by atoms with van der Waals surface area (Å²) < 4.78 is 0. The number of amides is 1. The number of nitrogens with one attached hydrogen (secondary N) is 1. The van der Waals surface area contributed by atoms with Gasteiger partial charge < -0.3 is 15.3 Å². The van der Waals surface area contributed by atoms with Gasteiger partial charge in [-0.3, -0.25) is 4.79 Å². The van der Waals surface area contributed by atoms with Crippen LogP contribution in [0.15, 0.2) is 36.9 Å². The highest BCUT2D eigenvalue weighted by Crippen LogP contribution is 2.19. The molecule has 2 rings (SSSR count). The van der Waals surface area contributed by atoms with Crippen LogP contribution < -0.4 is 5.32 Å². The summed E-state index contributed by atoms with van der Waals surface area (Å²) in [7, 11) is 0. The largest absolute Gasteiger partial charge is 0.396 e. The van der Waals surface area contributed by atoms with E-state index in [9.17, 15) is 9.90 Å². The van der Waals surface area contributed by atoms with Gasteiger partial charge in [0.2, 0.25) is 0 Å². The Balaban J connectivity index is 2.01. The molecule has 0 aromatic heterocycles. The number of rotatable bonds is 6. The molecule has 0 spiro atoms. The van der Waals surface area contributed by atoms with Gasteiger partial charge in [-0.2, -0.15) is 0 Å². The number of aliphatic hydroxyl groups excluding tert-OH is 1. The third-order valence-corrected chi connectivity index (χ3v) is 3.85. The molecule has 1 amide bonds. The van der Waals surface area contributed by atoms with Gasteiger partial charge in [0.1, 0.15) is 0 Å². The van der Waals surface area contributed by atoms with Crippen molar-refractivity contribution >= 4 is 11.6 Å². The summed E-state index contributed by atoms with van der Waals surface area (Å²) in [5.41, 5.74) is 1.66. The Morgan fingerprint density at radius 2 is 2.38 bits per heavy atom. The van der Waals surface area contributed by atoms with Crippen LogP contribution in [0, 0.1) is 5.92 Å². The number of carbonyl (C=O) groups is 1. The highest BCUT2D eigenvalue weighted by Gasteiger charge is 2.23. The van der Waals surface area contributed by atoms with Crippen LogP contribution >= 0.6 is 0 Å². The smallest absolute Gasteiger partial charge is 0.253 e. The van der Waals surface area contributed by atoms with E-state index in [-0.39, 0.29) is 18.4 Å². The van der Waals surface area contributed by atoms with Gasteiger partial charge in [0.05, 0.1) is 0 Å². The van der Waals surface area contributed by atoms with Gasteiger partial charge in [-0.15, -0.1) is 6.58 Å². The molecule has 2 N–H and O–H groups in total. The van der Waals surface area contributed by atoms with Gasteiger partial charge in [0, 0.05) is 37.5 Å². The zero-order valence-corrected chi connectivity index (χ0v) is 12.4. The molecule has 0 bridgehead atoms. The quantitative estimate of drug-likeness (QED) is 0.625. The lowest BCUT2D eigenvalue weighted by Gasteiger charge is -2.32. The number of piperidine rings is 1. The van der Waals surface area contributed by atoms with Crippen molar-refractivity contribution in [3.05, 3.63) is 42.5 Å². The highest BCUT2D eigenvalue weighted by atomic mass is 16.3. The minimum absolute atomic E-state index is 0.0560. The predicted octanol–water partition coefficient (Wildman–Crippen LogP) is 2.52. The van der Waals surface area contributed by atoms with Crippen LogP contribution in [-0.4, -0.2) is 42.2 Å². The van der Waals surface area contributed by atoms with Crippen molar-refractivity contribution in [3.8, 4) is 0 Å². The summed E-state index contributed by atoms with van der Waals surface area (Å²) >= 11 is 0. The number of anilines is 1. The van der Waals surface area contributed by atoms with Crippen molar-refractivity contribution in [2.24, 2.45) is 5.92 Å². The molecule has 0 aliphatic carbocycles. The number of nitrogens with zero attached hydrogens (tertiary/aromatic N) is 1. The molecule has 1 atom stereocenters. The third-order valence-electron chi connectivity index (χ3n) is 3.85. The van der Waals surface area contributed by atoms with E-state index in [2.05, 4.69) is 11.9 Å². The Morgan fingerprint density at radius 1 is 1.52 bits per heavy atom. The van der Waals surface area contributed by atoms with E-state index in [1.165, 1.54) is 0 Å². The Morgan fingerprint density at radius 3 is 3.14 bits per heavy atom. The van der Waals surface area contributed by atoms with Crippen LogP contribution in [0.5, 0.6) is 0 Å². The number of likely N-dealkylation sites (tertiary alicyclic amines) is 1. The van der Waals surface area contributed by atoms with Crippen LogP contribution in [0.2, 0.25) is 0 Å². The zero-order valence-electron chi connectivity index (χ0n) is 12.4. The van der Waals surface area contributed by atoms with Crippen molar-refractivity contribution in [2.45, 2.75) is 19.3 Å². The molecule has 1 aliphatic heterocycles. The molecular formula is C17H24N2O2. The topological polar surface area (TPSA) is 52.6 Å². The number of aliphatic hydroxyl groups is 1. The lowest BCUT2D eigenvalue weighted by Crippen LogP contribution is -2.40. The SMILES string of the molecule is C=CCCNc1cccc(C(=O)N2CCCC(CO)C2)c1. The van der Waals surface area contributed by atoms with Crippen molar-refractivity contribution in [3.63, 3.8) is 0 Å². The Labute approximate surface area is 126 Å². The molecule has 21 heavy (non-hydrogen) atoms. The molecule has 1 aromatic rings. The Hall–Kier alpha value is -1.81. The Kier molecular flexibility index (Phi) is 5.81. The fourth-order valence-electron chi connectivity index (χ4n) is 2.66. The van der Waals surface area contributed by atoms with Crippen LogP contribution in [0.4, 0.5) is 5.69 Å². The van der Waals surface area contributed by atoms with E-state index in [0.717, 1.165) is 38.0 Å². The first-order chi connectivity index (χ1) is 10.2. The molecule has 4 heteroatoms. The molecule has 1 saturated heterocycles.